The van der Waals surface area contributed by atoms with Gasteiger partial charge < -0.3 is 19.9 Å². The summed E-state index contributed by atoms with van der Waals surface area (Å²) >= 11 is 1.67. The minimum Gasteiger partial charge on any atom is -0.475 e. The molecule has 0 spiro atoms. The standard InChI is InChI=1S/C15H21N5O2S.C2HF3O2/c1-21-7-4-16-13-2-3-18-15(19-13)12-11-22-8-6-20(12)10-14-17-5-9-23-14;3-2(4,5)1(6)7/h2-3,5,9,12H,4,6-8,10-11H2,1H3,(H,16,18,19);(H,6,7). The van der Waals surface area contributed by atoms with Crippen molar-refractivity contribution >= 4 is 23.1 Å². The monoisotopic (exact) mass is 449 g/mol. The number of thiazole rings is 1. The fraction of sp³-hybridized carbons (Fsp3) is 0.529. The molecule has 3 rings (SSSR count). The number of nitrogens with one attached hydrogen (secondary N) is 1. The fourth-order valence-corrected chi connectivity index (χ4v) is 3.12. The van der Waals surface area contributed by atoms with E-state index >= 15 is 0 Å². The molecule has 2 N–H and O–H groups in total. The van der Waals surface area contributed by atoms with Crippen molar-refractivity contribution in [2.75, 3.05) is 45.3 Å². The van der Waals surface area contributed by atoms with Crippen molar-refractivity contribution < 1.29 is 32.5 Å². The lowest BCUT2D eigenvalue weighted by molar-refractivity contribution is -0.192. The van der Waals surface area contributed by atoms with E-state index in [1.807, 2.05) is 17.6 Å². The summed E-state index contributed by atoms with van der Waals surface area (Å²) in [5.41, 5.74) is 0. The molecule has 1 aliphatic rings. The first-order valence-corrected chi connectivity index (χ1v) is 9.75. The van der Waals surface area contributed by atoms with Crippen LogP contribution in [0.2, 0.25) is 0 Å². The predicted molar refractivity (Wildman–Crippen MR) is 102 cm³/mol. The van der Waals surface area contributed by atoms with Gasteiger partial charge in [0.25, 0.3) is 0 Å². The number of rotatable bonds is 7. The number of alkyl halides is 3. The molecular weight excluding hydrogens is 427 g/mol. The first kappa shape index (κ1) is 23.9. The number of carboxylic acid groups (broad SMARTS) is 1. The maximum absolute atomic E-state index is 10.6. The van der Waals surface area contributed by atoms with E-state index in [9.17, 15) is 13.2 Å². The van der Waals surface area contributed by atoms with Gasteiger partial charge in [-0.25, -0.2) is 19.7 Å². The molecule has 0 saturated carbocycles. The lowest BCUT2D eigenvalue weighted by Crippen LogP contribution is -2.39. The molecule has 1 atom stereocenters. The molecule has 13 heteroatoms. The molecule has 1 saturated heterocycles. The smallest absolute Gasteiger partial charge is 0.475 e. The maximum Gasteiger partial charge on any atom is 0.490 e. The topological polar surface area (TPSA) is 110 Å². The zero-order valence-electron chi connectivity index (χ0n) is 16.1. The Labute approximate surface area is 174 Å². The van der Waals surface area contributed by atoms with E-state index in [4.69, 9.17) is 19.4 Å². The third kappa shape index (κ3) is 7.82. The number of halogens is 3. The van der Waals surface area contributed by atoms with Crippen LogP contribution in [0.4, 0.5) is 19.0 Å². The number of carbonyl (C=O) groups is 1. The van der Waals surface area contributed by atoms with Crippen LogP contribution in [-0.2, 0) is 20.8 Å². The van der Waals surface area contributed by atoms with Crippen LogP contribution < -0.4 is 5.32 Å². The fourth-order valence-electron chi connectivity index (χ4n) is 2.48. The van der Waals surface area contributed by atoms with E-state index in [-0.39, 0.29) is 6.04 Å². The SMILES string of the molecule is COCCNc1ccnc(C2COCCN2Cc2nccs2)n1.O=C(O)C(F)(F)F. The zero-order valence-corrected chi connectivity index (χ0v) is 16.9. The highest BCUT2D eigenvalue weighted by atomic mass is 32.1. The number of hydrogen-bond acceptors (Lipinski definition) is 9. The minimum atomic E-state index is -5.08. The number of aliphatic carboxylic acids is 1. The summed E-state index contributed by atoms with van der Waals surface area (Å²) in [6, 6.07) is 1.92. The Morgan fingerprint density at radius 2 is 2.20 bits per heavy atom. The summed E-state index contributed by atoms with van der Waals surface area (Å²) in [5.74, 6) is -1.16. The Kier molecular flexibility index (Phi) is 9.36. The van der Waals surface area contributed by atoms with E-state index in [1.54, 1.807) is 24.6 Å². The summed E-state index contributed by atoms with van der Waals surface area (Å²) in [6.45, 7) is 4.35. The van der Waals surface area contributed by atoms with Gasteiger partial charge in [0.1, 0.15) is 16.6 Å². The second kappa shape index (κ2) is 11.7. The first-order valence-electron chi connectivity index (χ1n) is 8.87. The molecular formula is C17H22F3N5O4S. The highest BCUT2D eigenvalue weighted by Gasteiger charge is 2.38. The average molecular weight is 449 g/mol. The molecule has 0 bridgehead atoms. The van der Waals surface area contributed by atoms with Crippen molar-refractivity contribution in [2.45, 2.75) is 18.8 Å². The summed E-state index contributed by atoms with van der Waals surface area (Å²) in [7, 11) is 1.68. The third-order valence-corrected chi connectivity index (χ3v) is 4.65. The highest BCUT2D eigenvalue weighted by Crippen LogP contribution is 2.24. The van der Waals surface area contributed by atoms with Crippen molar-refractivity contribution in [3.63, 3.8) is 0 Å². The second-order valence-electron chi connectivity index (χ2n) is 6.01. The van der Waals surface area contributed by atoms with Crippen LogP contribution in [0.25, 0.3) is 0 Å². The van der Waals surface area contributed by atoms with Crippen molar-refractivity contribution in [1.82, 2.24) is 19.9 Å². The summed E-state index contributed by atoms with van der Waals surface area (Å²) in [6.07, 6.45) is -1.46. The van der Waals surface area contributed by atoms with E-state index in [0.717, 1.165) is 42.9 Å². The van der Waals surface area contributed by atoms with Crippen molar-refractivity contribution in [1.29, 1.82) is 0 Å². The van der Waals surface area contributed by atoms with Crippen molar-refractivity contribution in [3.8, 4) is 0 Å². The Bertz CT molecular complexity index is 779. The molecule has 166 valence electrons. The lowest BCUT2D eigenvalue weighted by Gasteiger charge is -2.33. The summed E-state index contributed by atoms with van der Waals surface area (Å²) in [5, 5.41) is 13.5. The van der Waals surface area contributed by atoms with Crippen LogP contribution in [0, 0.1) is 0 Å². The Hall–Kier alpha value is -2.35. The molecule has 0 amide bonds. The van der Waals surface area contributed by atoms with Crippen LogP contribution in [-0.4, -0.2) is 77.1 Å². The molecule has 2 aromatic rings. The summed E-state index contributed by atoms with van der Waals surface area (Å²) < 4.78 is 42.4. The number of morpholine rings is 1. The van der Waals surface area contributed by atoms with Gasteiger partial charge in [-0.2, -0.15) is 13.2 Å². The van der Waals surface area contributed by atoms with Crippen molar-refractivity contribution in [3.05, 3.63) is 34.7 Å². The number of hydrogen-bond donors (Lipinski definition) is 2. The Morgan fingerprint density at radius 1 is 1.43 bits per heavy atom. The second-order valence-corrected chi connectivity index (χ2v) is 6.99. The molecule has 1 fully saturated rings. The van der Waals surface area contributed by atoms with Gasteiger partial charge in [-0.3, -0.25) is 4.90 Å². The number of carboxylic acids is 1. The van der Waals surface area contributed by atoms with Crippen LogP contribution in [0.5, 0.6) is 0 Å². The largest absolute Gasteiger partial charge is 0.490 e. The van der Waals surface area contributed by atoms with Crippen LogP contribution in [0.1, 0.15) is 16.9 Å². The van der Waals surface area contributed by atoms with Gasteiger partial charge in [-0.15, -0.1) is 11.3 Å². The van der Waals surface area contributed by atoms with Gasteiger partial charge in [-0.05, 0) is 6.07 Å². The van der Waals surface area contributed by atoms with E-state index in [2.05, 4.69) is 25.2 Å². The molecule has 30 heavy (non-hydrogen) atoms. The van der Waals surface area contributed by atoms with Crippen LogP contribution in [0.3, 0.4) is 0 Å². The summed E-state index contributed by atoms with van der Waals surface area (Å²) in [4.78, 5) is 24.7. The molecule has 1 unspecified atom stereocenters. The van der Waals surface area contributed by atoms with Gasteiger partial charge in [0.2, 0.25) is 0 Å². The van der Waals surface area contributed by atoms with Crippen LogP contribution in [0.15, 0.2) is 23.8 Å². The molecule has 0 aromatic carbocycles. The van der Waals surface area contributed by atoms with Crippen LogP contribution >= 0.6 is 11.3 Å². The van der Waals surface area contributed by atoms with Gasteiger partial charge in [0.15, 0.2) is 0 Å². The first-order chi connectivity index (χ1) is 14.3. The van der Waals surface area contributed by atoms with Gasteiger partial charge in [0, 0.05) is 38.0 Å². The molecule has 0 aliphatic carbocycles. The molecule has 2 aromatic heterocycles. The van der Waals surface area contributed by atoms with Gasteiger partial charge >= 0.3 is 12.1 Å². The Balaban J connectivity index is 0.000000396. The molecule has 3 heterocycles. The minimum absolute atomic E-state index is 0.0526. The Morgan fingerprint density at radius 3 is 2.83 bits per heavy atom. The number of aromatic nitrogens is 3. The maximum atomic E-state index is 10.6. The number of anilines is 1. The highest BCUT2D eigenvalue weighted by molar-refractivity contribution is 7.09. The van der Waals surface area contributed by atoms with Gasteiger partial charge in [0.05, 0.1) is 32.4 Å². The quantitative estimate of drug-likeness (QED) is 0.615. The van der Waals surface area contributed by atoms with Crippen molar-refractivity contribution in [2.24, 2.45) is 0 Å². The van der Waals surface area contributed by atoms with E-state index < -0.39 is 12.1 Å². The molecule has 1 aliphatic heterocycles. The predicted octanol–water partition coefficient (Wildman–Crippen LogP) is 2.20. The van der Waals surface area contributed by atoms with Gasteiger partial charge in [-0.1, -0.05) is 0 Å². The number of ether oxygens (including phenoxy) is 2. The van der Waals surface area contributed by atoms with E-state index in [1.165, 1.54) is 0 Å². The number of nitrogens with zero attached hydrogens (tertiary/aromatic N) is 4. The normalized spacial score (nSPS) is 17.1. The number of methoxy groups -OCH3 is 1. The lowest BCUT2D eigenvalue weighted by atomic mass is 10.2. The molecule has 0 radical (unpaired) electrons. The third-order valence-electron chi connectivity index (χ3n) is 3.89. The van der Waals surface area contributed by atoms with E-state index in [0.29, 0.717) is 13.2 Å². The average Bonchev–Trinajstić information content (AvgIpc) is 3.22. The molecule has 9 nitrogen and oxygen atoms in total. The zero-order chi connectivity index (χ0) is 22.0.